The molecule has 0 radical (unpaired) electrons. The van der Waals surface area contributed by atoms with E-state index in [-0.39, 0.29) is 41.8 Å². The Bertz CT molecular complexity index is 903. The highest BCUT2D eigenvalue weighted by Gasteiger charge is 2.35. The van der Waals surface area contributed by atoms with Gasteiger partial charge in [0.15, 0.2) is 11.6 Å². The van der Waals surface area contributed by atoms with Crippen LogP contribution in [0.1, 0.15) is 22.3 Å². The molecule has 1 saturated heterocycles. The van der Waals surface area contributed by atoms with E-state index in [1.807, 2.05) is 11.9 Å². The third-order valence-electron chi connectivity index (χ3n) is 5.63. The number of anilines is 2. The molecule has 0 bridgehead atoms. The molecule has 1 aromatic rings. The van der Waals surface area contributed by atoms with Crippen molar-refractivity contribution in [2.24, 2.45) is 5.10 Å². The van der Waals surface area contributed by atoms with Gasteiger partial charge in [0, 0.05) is 45.5 Å². The highest BCUT2D eigenvalue weighted by atomic mass is 19.1. The van der Waals surface area contributed by atoms with Crippen molar-refractivity contribution in [3.63, 3.8) is 0 Å². The van der Waals surface area contributed by atoms with E-state index in [0.717, 1.165) is 0 Å². The van der Waals surface area contributed by atoms with Gasteiger partial charge in [-0.1, -0.05) is 6.58 Å². The molecule has 4 heterocycles. The number of nitrogens with zero attached hydrogens (tertiary/aromatic N) is 5. The van der Waals surface area contributed by atoms with E-state index < -0.39 is 5.82 Å². The number of hydrogen-bond donors (Lipinski definition) is 2. The lowest BCUT2D eigenvalue weighted by Crippen LogP contribution is -2.38. The Labute approximate surface area is 168 Å². The fourth-order valence-corrected chi connectivity index (χ4v) is 3.99. The van der Waals surface area contributed by atoms with Gasteiger partial charge in [0.05, 0.1) is 24.2 Å². The molecule has 0 saturated carbocycles. The summed E-state index contributed by atoms with van der Waals surface area (Å²) < 4.78 is 15.3. The Morgan fingerprint density at radius 2 is 2.28 bits per heavy atom. The summed E-state index contributed by atoms with van der Waals surface area (Å²) in [6.07, 6.45) is 3.72. The Morgan fingerprint density at radius 1 is 1.48 bits per heavy atom. The molecule has 9 nitrogen and oxygen atoms in total. The fraction of sp³-hybridized carbons (Fsp3) is 0.474. The van der Waals surface area contributed by atoms with Gasteiger partial charge in [0.2, 0.25) is 5.91 Å². The molecular formula is C19H24FN7O2. The van der Waals surface area contributed by atoms with Gasteiger partial charge in [-0.3, -0.25) is 14.6 Å². The summed E-state index contributed by atoms with van der Waals surface area (Å²) in [7, 11) is 3.57. The highest BCUT2D eigenvalue weighted by molar-refractivity contribution is 6.03. The summed E-state index contributed by atoms with van der Waals surface area (Å²) in [5.74, 6) is -0.426. The van der Waals surface area contributed by atoms with Crippen LogP contribution < -0.4 is 15.5 Å². The predicted octanol–water partition coefficient (Wildman–Crippen LogP) is 0.399. The molecule has 2 amide bonds. The van der Waals surface area contributed by atoms with Crippen molar-refractivity contribution in [1.29, 1.82) is 0 Å². The van der Waals surface area contributed by atoms with Crippen molar-refractivity contribution in [2.75, 3.05) is 43.9 Å². The molecule has 4 rings (SSSR count). The molecule has 3 aliphatic heterocycles. The Hall–Kier alpha value is -3.17. The molecule has 3 aliphatic rings. The van der Waals surface area contributed by atoms with Gasteiger partial charge in [0.25, 0.3) is 5.91 Å². The van der Waals surface area contributed by atoms with Crippen LogP contribution in [0.3, 0.4) is 0 Å². The zero-order chi connectivity index (χ0) is 20.7. The Kier molecular flexibility index (Phi) is 4.85. The topological polar surface area (TPSA) is 93.2 Å². The number of hydrazone groups is 1. The normalized spacial score (nSPS) is 22.7. The standard InChI is InChI=1S/C19H24FN7O2/c1-4-14(28)26(3)12-5-6-27(10-12)18-16(20)13-8-21-19(29)15(13)17(24-18)23-11-7-22-25(2)9-11/h4,7,11-12H,1,5-6,8-10H2,2-3H3,(H,21,29)(H,23,24). The molecule has 10 heteroatoms. The Morgan fingerprint density at radius 3 is 2.97 bits per heavy atom. The minimum absolute atomic E-state index is 0.0539. The molecular weight excluding hydrogens is 377 g/mol. The van der Waals surface area contributed by atoms with E-state index in [9.17, 15) is 9.59 Å². The number of carbonyl (C=O) groups is 2. The number of amides is 2. The minimum atomic E-state index is -0.487. The number of halogens is 1. The lowest BCUT2D eigenvalue weighted by molar-refractivity contribution is -0.126. The summed E-state index contributed by atoms with van der Waals surface area (Å²) in [6, 6.07) is -0.173. The maximum absolute atomic E-state index is 15.3. The first kappa shape index (κ1) is 19.2. The molecule has 2 unspecified atom stereocenters. The SMILES string of the molecule is C=CC(=O)N(C)C1CCN(c2nc(NC3C=NN(C)C3)c3c(c2F)CNC3=O)C1. The Balaban J connectivity index is 1.63. The van der Waals surface area contributed by atoms with E-state index in [2.05, 4.69) is 27.3 Å². The summed E-state index contributed by atoms with van der Waals surface area (Å²) in [4.78, 5) is 32.1. The first-order chi connectivity index (χ1) is 13.9. The van der Waals surface area contributed by atoms with Crippen molar-refractivity contribution in [3.8, 4) is 0 Å². The number of pyridine rings is 1. The predicted molar refractivity (Wildman–Crippen MR) is 107 cm³/mol. The van der Waals surface area contributed by atoms with Crippen molar-refractivity contribution in [1.82, 2.24) is 20.2 Å². The van der Waals surface area contributed by atoms with Crippen LogP contribution in [0.5, 0.6) is 0 Å². The van der Waals surface area contributed by atoms with Gasteiger partial charge < -0.3 is 20.4 Å². The quantitative estimate of drug-likeness (QED) is 0.694. The van der Waals surface area contributed by atoms with Gasteiger partial charge in [-0.15, -0.1) is 0 Å². The van der Waals surface area contributed by atoms with Gasteiger partial charge in [-0.05, 0) is 12.5 Å². The van der Waals surface area contributed by atoms with Crippen LogP contribution in [-0.4, -0.2) is 78.7 Å². The number of nitrogens with one attached hydrogen (secondary N) is 2. The summed E-state index contributed by atoms with van der Waals surface area (Å²) in [5.41, 5.74) is 0.577. The van der Waals surface area contributed by atoms with E-state index in [1.54, 1.807) is 23.2 Å². The van der Waals surface area contributed by atoms with Crippen LogP contribution in [0.25, 0.3) is 0 Å². The molecule has 2 N–H and O–H groups in total. The number of likely N-dealkylation sites (N-methyl/N-ethyl adjacent to an activating group) is 2. The maximum atomic E-state index is 15.3. The minimum Gasteiger partial charge on any atom is -0.360 e. The van der Waals surface area contributed by atoms with Gasteiger partial charge in [0.1, 0.15) is 5.82 Å². The van der Waals surface area contributed by atoms with Crippen molar-refractivity contribution >= 4 is 29.7 Å². The summed E-state index contributed by atoms with van der Waals surface area (Å²) in [6.45, 7) is 5.31. The van der Waals surface area contributed by atoms with Crippen LogP contribution in [-0.2, 0) is 11.3 Å². The third-order valence-corrected chi connectivity index (χ3v) is 5.63. The molecule has 0 spiro atoms. The molecule has 0 aromatic carbocycles. The maximum Gasteiger partial charge on any atom is 0.255 e. The van der Waals surface area contributed by atoms with Crippen LogP contribution >= 0.6 is 0 Å². The second-order valence-corrected chi connectivity index (χ2v) is 7.53. The molecule has 1 fully saturated rings. The largest absolute Gasteiger partial charge is 0.360 e. The lowest BCUT2D eigenvalue weighted by Gasteiger charge is -2.25. The fourth-order valence-electron chi connectivity index (χ4n) is 3.99. The van der Waals surface area contributed by atoms with E-state index >= 15 is 4.39 Å². The average Bonchev–Trinajstić information content (AvgIpc) is 3.43. The number of hydrogen-bond acceptors (Lipinski definition) is 7. The monoisotopic (exact) mass is 401 g/mol. The number of aromatic nitrogens is 1. The molecule has 2 atom stereocenters. The van der Waals surface area contributed by atoms with Gasteiger partial charge in [-0.2, -0.15) is 5.10 Å². The van der Waals surface area contributed by atoms with Crippen molar-refractivity contribution < 1.29 is 14.0 Å². The molecule has 154 valence electrons. The highest BCUT2D eigenvalue weighted by Crippen LogP contribution is 2.33. The molecule has 1 aromatic heterocycles. The van der Waals surface area contributed by atoms with Crippen molar-refractivity contribution in [2.45, 2.75) is 25.0 Å². The number of carbonyl (C=O) groups excluding carboxylic acids is 2. The zero-order valence-electron chi connectivity index (χ0n) is 16.5. The lowest BCUT2D eigenvalue weighted by atomic mass is 10.1. The van der Waals surface area contributed by atoms with E-state index in [0.29, 0.717) is 37.4 Å². The average molecular weight is 401 g/mol. The first-order valence-electron chi connectivity index (χ1n) is 9.55. The third kappa shape index (κ3) is 3.39. The van der Waals surface area contributed by atoms with Gasteiger partial charge >= 0.3 is 0 Å². The smallest absolute Gasteiger partial charge is 0.255 e. The number of fused-ring (bicyclic) bond motifs is 1. The summed E-state index contributed by atoms with van der Waals surface area (Å²) in [5, 5.41) is 11.9. The molecule has 0 aliphatic carbocycles. The first-order valence-corrected chi connectivity index (χ1v) is 9.55. The van der Waals surface area contributed by atoms with Crippen LogP contribution in [0.4, 0.5) is 16.0 Å². The van der Waals surface area contributed by atoms with E-state index in [4.69, 9.17) is 0 Å². The molecule has 29 heavy (non-hydrogen) atoms. The second-order valence-electron chi connectivity index (χ2n) is 7.53. The number of rotatable bonds is 5. The van der Waals surface area contributed by atoms with Gasteiger partial charge in [-0.25, -0.2) is 9.37 Å². The van der Waals surface area contributed by atoms with Crippen molar-refractivity contribution in [3.05, 3.63) is 29.6 Å². The van der Waals surface area contributed by atoms with Crippen LogP contribution in [0.15, 0.2) is 17.8 Å². The van der Waals surface area contributed by atoms with Crippen LogP contribution in [0.2, 0.25) is 0 Å². The second kappa shape index (κ2) is 7.34. The van der Waals surface area contributed by atoms with Crippen LogP contribution in [0, 0.1) is 5.82 Å². The zero-order valence-corrected chi connectivity index (χ0v) is 16.5. The summed E-state index contributed by atoms with van der Waals surface area (Å²) >= 11 is 0. The van der Waals surface area contributed by atoms with E-state index in [1.165, 1.54) is 6.08 Å².